The van der Waals surface area contributed by atoms with Gasteiger partial charge in [-0.15, -0.1) is 11.8 Å². The number of fused-ring (bicyclic) bond motifs is 3. The predicted octanol–water partition coefficient (Wildman–Crippen LogP) is 5.89. The zero-order chi connectivity index (χ0) is 15.1. The maximum Gasteiger partial charge on any atom is 0.0553 e. The average Bonchev–Trinajstić information content (AvgIpc) is 3.04. The second-order valence-corrected chi connectivity index (χ2v) is 7.30. The third kappa shape index (κ3) is 2.35. The highest BCUT2D eigenvalue weighted by molar-refractivity contribution is 7.98. The van der Waals surface area contributed by atoms with Crippen molar-refractivity contribution in [2.75, 3.05) is 11.6 Å². The lowest BCUT2D eigenvalue weighted by molar-refractivity contribution is 0.425. The van der Waals surface area contributed by atoms with Crippen LogP contribution in [0.2, 0.25) is 5.02 Å². The Morgan fingerprint density at radius 3 is 2.73 bits per heavy atom. The fraction of sp³-hybridized carbons (Fsp3) is 0.263. The van der Waals surface area contributed by atoms with Crippen LogP contribution in [0.15, 0.2) is 59.5 Å². The highest BCUT2D eigenvalue weighted by Crippen LogP contribution is 2.50. The fourth-order valence-corrected chi connectivity index (χ4v) is 4.30. The maximum absolute atomic E-state index is 6.20. The first-order valence-electron chi connectivity index (χ1n) is 7.63. The summed E-state index contributed by atoms with van der Waals surface area (Å²) in [6.07, 6.45) is 7.91. The molecule has 0 fully saturated rings. The van der Waals surface area contributed by atoms with Crippen LogP contribution in [0.1, 0.15) is 29.5 Å². The van der Waals surface area contributed by atoms with E-state index in [0.717, 1.165) is 11.4 Å². The van der Waals surface area contributed by atoms with E-state index in [-0.39, 0.29) is 0 Å². The lowest BCUT2D eigenvalue weighted by Gasteiger charge is -2.37. The van der Waals surface area contributed by atoms with Crippen molar-refractivity contribution in [1.29, 1.82) is 0 Å². The molecule has 3 unspecified atom stereocenters. The van der Waals surface area contributed by atoms with Crippen molar-refractivity contribution < 1.29 is 0 Å². The first-order chi connectivity index (χ1) is 10.8. The minimum absolute atomic E-state index is 0.365. The number of hydrogen-bond donors (Lipinski definition) is 1. The standard InChI is InChI=1S/C19H18ClNS/c1-22-14-8-5-12(6-9-14)19-16-4-2-3-15(16)17-11-13(20)7-10-18(17)21-19/h2-3,5-11,15-16,19,21H,4H2,1H3. The lowest BCUT2D eigenvalue weighted by Crippen LogP contribution is -2.29. The van der Waals surface area contributed by atoms with Gasteiger partial charge in [-0.05, 0) is 60.1 Å². The average molecular weight is 328 g/mol. The maximum atomic E-state index is 6.20. The zero-order valence-electron chi connectivity index (χ0n) is 12.4. The van der Waals surface area contributed by atoms with Gasteiger partial charge >= 0.3 is 0 Å². The molecule has 112 valence electrons. The van der Waals surface area contributed by atoms with Crippen LogP contribution in [0.5, 0.6) is 0 Å². The molecule has 1 aliphatic carbocycles. The van der Waals surface area contributed by atoms with E-state index >= 15 is 0 Å². The van der Waals surface area contributed by atoms with Crippen LogP contribution in [-0.2, 0) is 0 Å². The molecular formula is C19H18ClNS. The SMILES string of the molecule is CSc1ccc(C2Nc3ccc(Cl)cc3C3C=CCC32)cc1. The molecule has 1 N–H and O–H groups in total. The van der Waals surface area contributed by atoms with Gasteiger partial charge in [0.15, 0.2) is 0 Å². The minimum Gasteiger partial charge on any atom is -0.378 e. The first kappa shape index (κ1) is 14.2. The summed E-state index contributed by atoms with van der Waals surface area (Å²) in [4.78, 5) is 1.31. The molecular weight excluding hydrogens is 310 g/mol. The molecule has 1 heterocycles. The van der Waals surface area contributed by atoms with Crippen molar-refractivity contribution in [3.63, 3.8) is 0 Å². The second kappa shape index (κ2) is 5.68. The molecule has 0 aromatic heterocycles. The molecule has 2 aromatic carbocycles. The van der Waals surface area contributed by atoms with Crippen molar-refractivity contribution in [1.82, 2.24) is 0 Å². The van der Waals surface area contributed by atoms with E-state index in [1.165, 1.54) is 21.7 Å². The number of allylic oxidation sites excluding steroid dienone is 2. The number of anilines is 1. The topological polar surface area (TPSA) is 12.0 Å². The van der Waals surface area contributed by atoms with Crippen LogP contribution in [0, 0.1) is 5.92 Å². The zero-order valence-corrected chi connectivity index (χ0v) is 14.0. The quantitative estimate of drug-likeness (QED) is 0.545. The van der Waals surface area contributed by atoms with Crippen molar-refractivity contribution in [3.05, 3.63) is 70.8 Å². The summed E-state index contributed by atoms with van der Waals surface area (Å²) in [5, 5.41) is 4.57. The lowest BCUT2D eigenvalue weighted by atomic mass is 9.77. The molecule has 1 aliphatic heterocycles. The summed E-state index contributed by atoms with van der Waals surface area (Å²) in [5.74, 6) is 1.05. The summed E-state index contributed by atoms with van der Waals surface area (Å²) >= 11 is 7.99. The van der Waals surface area contributed by atoms with Crippen LogP contribution in [0.25, 0.3) is 0 Å². The molecule has 0 bridgehead atoms. The molecule has 3 atom stereocenters. The van der Waals surface area contributed by atoms with E-state index in [4.69, 9.17) is 11.6 Å². The first-order valence-corrected chi connectivity index (χ1v) is 9.23. The smallest absolute Gasteiger partial charge is 0.0553 e. The van der Waals surface area contributed by atoms with Gasteiger partial charge in [-0.1, -0.05) is 35.9 Å². The van der Waals surface area contributed by atoms with Crippen molar-refractivity contribution in [2.45, 2.75) is 23.3 Å². The second-order valence-electron chi connectivity index (χ2n) is 5.98. The summed E-state index contributed by atoms with van der Waals surface area (Å²) in [6, 6.07) is 15.5. The molecule has 3 heteroatoms. The van der Waals surface area contributed by atoms with Gasteiger partial charge in [0, 0.05) is 21.5 Å². The monoisotopic (exact) mass is 327 g/mol. The van der Waals surface area contributed by atoms with Crippen molar-refractivity contribution in [2.24, 2.45) is 5.92 Å². The molecule has 0 amide bonds. The number of thioether (sulfide) groups is 1. The molecule has 0 spiro atoms. The Morgan fingerprint density at radius 1 is 1.14 bits per heavy atom. The van der Waals surface area contributed by atoms with Crippen molar-refractivity contribution >= 4 is 29.1 Å². The van der Waals surface area contributed by atoms with E-state index in [0.29, 0.717) is 17.9 Å². The van der Waals surface area contributed by atoms with Gasteiger partial charge in [-0.3, -0.25) is 0 Å². The molecule has 2 aromatic rings. The van der Waals surface area contributed by atoms with Gasteiger partial charge in [0.1, 0.15) is 0 Å². The predicted molar refractivity (Wildman–Crippen MR) is 96.0 cm³/mol. The molecule has 22 heavy (non-hydrogen) atoms. The molecule has 0 radical (unpaired) electrons. The third-order valence-corrected chi connectivity index (χ3v) is 5.78. The third-order valence-electron chi connectivity index (χ3n) is 4.80. The van der Waals surface area contributed by atoms with Crippen LogP contribution in [-0.4, -0.2) is 6.26 Å². The number of halogens is 1. The summed E-state index contributed by atoms with van der Waals surface area (Å²) in [6.45, 7) is 0. The molecule has 4 rings (SSSR count). The summed E-state index contributed by atoms with van der Waals surface area (Å²) in [7, 11) is 0. The van der Waals surface area contributed by atoms with Crippen LogP contribution >= 0.6 is 23.4 Å². The Kier molecular flexibility index (Phi) is 3.67. The summed E-state index contributed by atoms with van der Waals surface area (Å²) < 4.78 is 0. The Hall–Kier alpha value is -1.38. The number of nitrogens with one attached hydrogen (secondary N) is 1. The van der Waals surface area contributed by atoms with E-state index in [2.05, 4.69) is 60.1 Å². The van der Waals surface area contributed by atoms with Crippen molar-refractivity contribution in [3.8, 4) is 0 Å². The van der Waals surface area contributed by atoms with Gasteiger partial charge in [0.25, 0.3) is 0 Å². The fourth-order valence-electron chi connectivity index (χ4n) is 3.71. The highest BCUT2D eigenvalue weighted by atomic mass is 35.5. The Morgan fingerprint density at radius 2 is 1.95 bits per heavy atom. The van der Waals surface area contributed by atoms with Gasteiger partial charge in [-0.25, -0.2) is 0 Å². The molecule has 1 nitrogen and oxygen atoms in total. The van der Waals surface area contributed by atoms with Gasteiger partial charge < -0.3 is 5.32 Å². The minimum atomic E-state index is 0.365. The van der Waals surface area contributed by atoms with Crippen LogP contribution < -0.4 is 5.32 Å². The molecule has 0 saturated carbocycles. The highest BCUT2D eigenvalue weighted by Gasteiger charge is 2.37. The molecule has 2 aliphatic rings. The Balaban J connectivity index is 1.74. The van der Waals surface area contributed by atoms with E-state index in [1.54, 1.807) is 11.8 Å². The number of hydrogen-bond acceptors (Lipinski definition) is 2. The largest absolute Gasteiger partial charge is 0.378 e. The Labute approximate surface area is 140 Å². The molecule has 0 saturated heterocycles. The van der Waals surface area contributed by atoms with E-state index in [1.807, 2.05) is 6.07 Å². The van der Waals surface area contributed by atoms with Gasteiger partial charge in [-0.2, -0.15) is 0 Å². The van der Waals surface area contributed by atoms with Gasteiger partial charge in [0.05, 0.1) is 6.04 Å². The van der Waals surface area contributed by atoms with E-state index < -0.39 is 0 Å². The summed E-state index contributed by atoms with van der Waals surface area (Å²) in [5.41, 5.74) is 3.93. The number of benzene rings is 2. The van der Waals surface area contributed by atoms with E-state index in [9.17, 15) is 0 Å². The van der Waals surface area contributed by atoms with Gasteiger partial charge in [0.2, 0.25) is 0 Å². The number of rotatable bonds is 2. The van der Waals surface area contributed by atoms with Crippen LogP contribution in [0.4, 0.5) is 5.69 Å². The normalized spacial score (nSPS) is 25.5. The Bertz CT molecular complexity index is 723. The van der Waals surface area contributed by atoms with Crippen LogP contribution in [0.3, 0.4) is 0 Å².